The maximum atomic E-state index is 12.5. The lowest BCUT2D eigenvalue weighted by Crippen LogP contribution is -2.42. The summed E-state index contributed by atoms with van der Waals surface area (Å²) in [7, 11) is 0. The molecule has 0 atom stereocenters. The van der Waals surface area contributed by atoms with Gasteiger partial charge in [-0.1, -0.05) is 43.1 Å². The highest BCUT2D eigenvalue weighted by Gasteiger charge is 2.25. The number of rotatable bonds is 5. The molecule has 0 spiro atoms. The number of hydrogen-bond acceptors (Lipinski definition) is 2. The number of carbonyl (C=O) groups is 1. The van der Waals surface area contributed by atoms with Crippen LogP contribution in [0.25, 0.3) is 0 Å². The van der Waals surface area contributed by atoms with E-state index in [9.17, 15) is 4.79 Å². The molecule has 0 aliphatic carbocycles. The predicted octanol–water partition coefficient (Wildman–Crippen LogP) is 3.44. The second kappa shape index (κ2) is 6.60. The molecule has 0 radical (unpaired) electrons. The SMILES string of the molecule is CCN(CC(C)(C)CN)C(=O)c1cccc(Cl)c1Cl. The first-order valence-corrected chi connectivity index (χ1v) is 7.01. The van der Waals surface area contributed by atoms with Crippen LogP contribution in [0, 0.1) is 5.41 Å². The third-order valence-electron chi connectivity index (χ3n) is 3.02. The Balaban J connectivity index is 2.99. The molecule has 1 aromatic carbocycles. The molecule has 0 unspecified atom stereocenters. The summed E-state index contributed by atoms with van der Waals surface area (Å²) in [5, 5.41) is 0.694. The van der Waals surface area contributed by atoms with Crippen molar-refractivity contribution in [2.75, 3.05) is 19.6 Å². The van der Waals surface area contributed by atoms with E-state index in [0.29, 0.717) is 35.2 Å². The van der Waals surface area contributed by atoms with Crippen LogP contribution in [0.2, 0.25) is 10.0 Å². The summed E-state index contributed by atoms with van der Waals surface area (Å²) in [5.74, 6) is -0.114. The molecule has 0 heterocycles. The van der Waals surface area contributed by atoms with Gasteiger partial charge in [-0.2, -0.15) is 0 Å². The summed E-state index contributed by atoms with van der Waals surface area (Å²) in [6.45, 7) is 7.70. The Labute approximate surface area is 124 Å². The highest BCUT2D eigenvalue weighted by atomic mass is 35.5. The molecule has 1 rings (SSSR count). The van der Waals surface area contributed by atoms with E-state index >= 15 is 0 Å². The Morgan fingerprint density at radius 2 is 2.00 bits per heavy atom. The topological polar surface area (TPSA) is 46.3 Å². The molecular formula is C14H20Cl2N2O. The third-order valence-corrected chi connectivity index (χ3v) is 3.84. The van der Waals surface area contributed by atoms with Crippen LogP contribution >= 0.6 is 23.2 Å². The lowest BCUT2D eigenvalue weighted by Gasteiger charge is -2.31. The van der Waals surface area contributed by atoms with E-state index in [1.165, 1.54) is 0 Å². The van der Waals surface area contributed by atoms with Crippen molar-refractivity contribution in [1.82, 2.24) is 4.90 Å². The minimum atomic E-state index is -0.128. The van der Waals surface area contributed by atoms with Crippen LogP contribution in [0.5, 0.6) is 0 Å². The van der Waals surface area contributed by atoms with Gasteiger partial charge in [0.25, 0.3) is 5.91 Å². The van der Waals surface area contributed by atoms with E-state index in [2.05, 4.69) is 0 Å². The van der Waals surface area contributed by atoms with Crippen molar-refractivity contribution >= 4 is 29.1 Å². The van der Waals surface area contributed by atoms with Crippen molar-refractivity contribution in [2.45, 2.75) is 20.8 Å². The molecule has 0 bridgehead atoms. The number of nitrogens with zero attached hydrogens (tertiary/aromatic N) is 1. The van der Waals surface area contributed by atoms with Gasteiger partial charge in [-0.05, 0) is 31.0 Å². The Morgan fingerprint density at radius 3 is 2.53 bits per heavy atom. The normalized spacial score (nSPS) is 11.5. The van der Waals surface area contributed by atoms with Crippen LogP contribution in [0.1, 0.15) is 31.1 Å². The van der Waals surface area contributed by atoms with Gasteiger partial charge in [0.15, 0.2) is 0 Å². The fraction of sp³-hybridized carbons (Fsp3) is 0.500. The van der Waals surface area contributed by atoms with Crippen molar-refractivity contribution < 1.29 is 4.79 Å². The second-order valence-electron chi connectivity index (χ2n) is 5.29. The molecule has 1 aromatic rings. The van der Waals surface area contributed by atoms with Crippen LogP contribution in [0.4, 0.5) is 0 Å². The summed E-state index contributed by atoms with van der Waals surface area (Å²) in [6.07, 6.45) is 0. The number of carbonyl (C=O) groups excluding carboxylic acids is 1. The minimum Gasteiger partial charge on any atom is -0.338 e. The molecule has 0 aliphatic rings. The number of halogens is 2. The van der Waals surface area contributed by atoms with E-state index in [0.717, 1.165) is 0 Å². The number of amides is 1. The molecule has 3 nitrogen and oxygen atoms in total. The zero-order chi connectivity index (χ0) is 14.6. The fourth-order valence-electron chi connectivity index (χ4n) is 1.75. The Hall–Kier alpha value is -0.770. The van der Waals surface area contributed by atoms with Gasteiger partial charge in [-0.15, -0.1) is 0 Å². The maximum Gasteiger partial charge on any atom is 0.255 e. The standard InChI is InChI=1S/C14H20Cl2N2O/c1-4-18(9-14(2,3)8-17)13(19)10-6-5-7-11(15)12(10)16/h5-7H,4,8-9,17H2,1-3H3. The molecule has 2 N–H and O–H groups in total. The van der Waals surface area contributed by atoms with Gasteiger partial charge >= 0.3 is 0 Å². The molecule has 0 saturated carbocycles. The second-order valence-corrected chi connectivity index (χ2v) is 6.07. The van der Waals surface area contributed by atoms with E-state index < -0.39 is 0 Å². The zero-order valence-corrected chi connectivity index (χ0v) is 13.1. The van der Waals surface area contributed by atoms with Gasteiger partial charge in [0, 0.05) is 13.1 Å². The largest absolute Gasteiger partial charge is 0.338 e. The smallest absolute Gasteiger partial charge is 0.255 e. The van der Waals surface area contributed by atoms with Gasteiger partial charge in [0.1, 0.15) is 0 Å². The summed E-state index contributed by atoms with van der Waals surface area (Å²) in [5.41, 5.74) is 6.02. The zero-order valence-electron chi connectivity index (χ0n) is 11.5. The highest BCUT2D eigenvalue weighted by molar-refractivity contribution is 6.43. The Bertz CT molecular complexity index is 461. The first kappa shape index (κ1) is 16.3. The highest BCUT2D eigenvalue weighted by Crippen LogP contribution is 2.27. The molecule has 19 heavy (non-hydrogen) atoms. The summed E-state index contributed by atoms with van der Waals surface area (Å²) in [6, 6.07) is 5.08. The summed E-state index contributed by atoms with van der Waals surface area (Å²) < 4.78 is 0. The summed E-state index contributed by atoms with van der Waals surface area (Å²) >= 11 is 12.0. The van der Waals surface area contributed by atoms with Crippen molar-refractivity contribution in [3.8, 4) is 0 Å². The van der Waals surface area contributed by atoms with Crippen LogP contribution in [0.15, 0.2) is 18.2 Å². The fourth-order valence-corrected chi connectivity index (χ4v) is 2.13. The number of benzene rings is 1. The first-order chi connectivity index (χ1) is 8.82. The Morgan fingerprint density at radius 1 is 1.37 bits per heavy atom. The lowest BCUT2D eigenvalue weighted by molar-refractivity contribution is 0.0701. The Kier molecular flexibility index (Phi) is 5.65. The molecule has 0 fully saturated rings. The van der Waals surface area contributed by atoms with E-state index in [4.69, 9.17) is 28.9 Å². The van der Waals surface area contributed by atoms with Crippen LogP contribution < -0.4 is 5.73 Å². The number of hydrogen-bond donors (Lipinski definition) is 1. The van der Waals surface area contributed by atoms with Gasteiger partial charge in [-0.25, -0.2) is 0 Å². The molecule has 106 valence electrons. The first-order valence-electron chi connectivity index (χ1n) is 6.25. The van der Waals surface area contributed by atoms with Gasteiger partial charge in [-0.3, -0.25) is 4.79 Å². The van der Waals surface area contributed by atoms with E-state index in [1.54, 1.807) is 23.1 Å². The molecule has 5 heteroatoms. The third kappa shape index (κ3) is 4.10. The lowest BCUT2D eigenvalue weighted by atomic mass is 9.93. The van der Waals surface area contributed by atoms with Crippen LogP contribution in [-0.2, 0) is 0 Å². The van der Waals surface area contributed by atoms with Gasteiger partial charge < -0.3 is 10.6 Å². The van der Waals surface area contributed by atoms with Gasteiger partial charge in [0.2, 0.25) is 0 Å². The molecule has 0 aliphatic heterocycles. The summed E-state index contributed by atoms with van der Waals surface area (Å²) in [4.78, 5) is 14.2. The van der Waals surface area contributed by atoms with Crippen molar-refractivity contribution in [3.05, 3.63) is 33.8 Å². The molecule has 1 amide bonds. The van der Waals surface area contributed by atoms with E-state index in [1.807, 2.05) is 20.8 Å². The maximum absolute atomic E-state index is 12.5. The predicted molar refractivity (Wildman–Crippen MR) is 80.9 cm³/mol. The number of nitrogens with two attached hydrogens (primary N) is 1. The van der Waals surface area contributed by atoms with Crippen molar-refractivity contribution in [3.63, 3.8) is 0 Å². The van der Waals surface area contributed by atoms with Crippen LogP contribution in [0.3, 0.4) is 0 Å². The van der Waals surface area contributed by atoms with Crippen molar-refractivity contribution in [1.29, 1.82) is 0 Å². The molecule has 0 aromatic heterocycles. The van der Waals surface area contributed by atoms with E-state index in [-0.39, 0.29) is 11.3 Å². The molecule has 0 saturated heterocycles. The average Bonchev–Trinajstić information content (AvgIpc) is 2.38. The van der Waals surface area contributed by atoms with Crippen LogP contribution in [-0.4, -0.2) is 30.4 Å². The quantitative estimate of drug-likeness (QED) is 0.905. The van der Waals surface area contributed by atoms with Gasteiger partial charge in [0.05, 0.1) is 15.6 Å². The monoisotopic (exact) mass is 302 g/mol. The van der Waals surface area contributed by atoms with Crippen molar-refractivity contribution in [2.24, 2.45) is 11.1 Å². The minimum absolute atomic E-state index is 0.114. The average molecular weight is 303 g/mol. The molecular weight excluding hydrogens is 283 g/mol.